The predicted octanol–water partition coefficient (Wildman–Crippen LogP) is 3.40. The summed E-state index contributed by atoms with van der Waals surface area (Å²) in [6.45, 7) is 4.42. The van der Waals surface area contributed by atoms with E-state index in [9.17, 15) is 4.79 Å². The summed E-state index contributed by atoms with van der Waals surface area (Å²) in [6.07, 6.45) is 8.71. The van der Waals surface area contributed by atoms with Gasteiger partial charge in [0, 0.05) is 44.0 Å². The summed E-state index contributed by atoms with van der Waals surface area (Å²) in [4.78, 5) is 14.7. The fourth-order valence-corrected chi connectivity index (χ4v) is 3.74. The van der Waals surface area contributed by atoms with Gasteiger partial charge >= 0.3 is 0 Å². The van der Waals surface area contributed by atoms with Crippen LogP contribution >= 0.6 is 0 Å². The van der Waals surface area contributed by atoms with Crippen LogP contribution in [-0.4, -0.2) is 38.2 Å². The molecule has 5 nitrogen and oxygen atoms in total. The van der Waals surface area contributed by atoms with Crippen molar-refractivity contribution in [1.82, 2.24) is 19.2 Å². The average Bonchev–Trinajstić information content (AvgIpc) is 3.26. The summed E-state index contributed by atoms with van der Waals surface area (Å²) in [5.74, 6) is 0.242. The maximum absolute atomic E-state index is 12.7. The van der Waals surface area contributed by atoms with Crippen LogP contribution in [0.2, 0.25) is 0 Å². The summed E-state index contributed by atoms with van der Waals surface area (Å²) >= 11 is 0. The molecule has 0 aliphatic carbocycles. The number of likely N-dealkylation sites (tertiary alicyclic amines) is 1. The van der Waals surface area contributed by atoms with E-state index in [1.807, 2.05) is 27.9 Å². The zero-order valence-electron chi connectivity index (χ0n) is 14.6. The number of carbonyl (C=O) groups is 1. The molecule has 1 aromatic carbocycles. The van der Waals surface area contributed by atoms with Crippen molar-refractivity contribution in [2.45, 2.75) is 38.8 Å². The molecule has 0 saturated carbocycles. The van der Waals surface area contributed by atoms with E-state index in [0.717, 1.165) is 32.5 Å². The molecule has 1 fully saturated rings. The molecule has 25 heavy (non-hydrogen) atoms. The van der Waals surface area contributed by atoms with E-state index in [0.29, 0.717) is 12.5 Å². The van der Waals surface area contributed by atoms with Crippen LogP contribution in [0.15, 0.2) is 48.9 Å². The maximum atomic E-state index is 12.7. The highest BCUT2D eigenvalue weighted by Gasteiger charge is 2.25. The Morgan fingerprint density at radius 2 is 2.16 bits per heavy atom. The number of amides is 1. The van der Waals surface area contributed by atoms with E-state index in [2.05, 4.69) is 47.2 Å². The van der Waals surface area contributed by atoms with E-state index >= 15 is 0 Å². The van der Waals surface area contributed by atoms with Crippen molar-refractivity contribution >= 4 is 16.8 Å². The fourth-order valence-electron chi connectivity index (χ4n) is 3.74. The van der Waals surface area contributed by atoms with Gasteiger partial charge in [0.1, 0.15) is 0 Å². The van der Waals surface area contributed by atoms with E-state index in [-0.39, 0.29) is 5.91 Å². The number of aryl methyl sites for hydroxylation is 2. The first-order chi connectivity index (χ1) is 12.2. The number of para-hydroxylation sites is 1. The Morgan fingerprint density at radius 1 is 1.28 bits per heavy atom. The van der Waals surface area contributed by atoms with Crippen LogP contribution in [0.5, 0.6) is 0 Å². The van der Waals surface area contributed by atoms with Gasteiger partial charge in [-0.25, -0.2) is 0 Å². The van der Waals surface area contributed by atoms with E-state index in [1.165, 1.54) is 16.5 Å². The average molecular weight is 336 g/mol. The third-order valence-corrected chi connectivity index (χ3v) is 5.10. The van der Waals surface area contributed by atoms with Crippen molar-refractivity contribution in [3.05, 3.63) is 54.5 Å². The molecule has 2 aromatic heterocycles. The maximum Gasteiger partial charge on any atom is 0.224 e. The van der Waals surface area contributed by atoms with Gasteiger partial charge in [-0.3, -0.25) is 9.48 Å². The van der Waals surface area contributed by atoms with Crippen LogP contribution in [-0.2, 0) is 11.3 Å². The zero-order valence-corrected chi connectivity index (χ0v) is 14.6. The molecule has 0 bridgehead atoms. The molecule has 3 heterocycles. The molecular weight excluding hydrogens is 312 g/mol. The monoisotopic (exact) mass is 336 g/mol. The second-order valence-corrected chi connectivity index (χ2v) is 6.95. The molecule has 5 heteroatoms. The molecule has 1 aliphatic rings. The van der Waals surface area contributed by atoms with Crippen LogP contribution in [0.1, 0.15) is 30.9 Å². The van der Waals surface area contributed by atoms with Gasteiger partial charge in [0.25, 0.3) is 0 Å². The minimum Gasteiger partial charge on any atom is -0.347 e. The van der Waals surface area contributed by atoms with E-state index in [4.69, 9.17) is 0 Å². The molecule has 1 amide bonds. The number of rotatable bonds is 4. The van der Waals surface area contributed by atoms with Gasteiger partial charge < -0.3 is 9.47 Å². The molecular formula is C20H24N4O. The van der Waals surface area contributed by atoms with Crippen molar-refractivity contribution in [3.8, 4) is 0 Å². The van der Waals surface area contributed by atoms with Crippen LogP contribution in [0, 0.1) is 6.92 Å². The summed E-state index contributed by atoms with van der Waals surface area (Å²) < 4.78 is 4.19. The third kappa shape index (κ3) is 3.31. The molecule has 0 radical (unpaired) electrons. The van der Waals surface area contributed by atoms with Crippen molar-refractivity contribution in [2.75, 3.05) is 13.1 Å². The van der Waals surface area contributed by atoms with Crippen LogP contribution in [0.4, 0.5) is 0 Å². The topological polar surface area (TPSA) is 43.1 Å². The first kappa shape index (κ1) is 15.9. The highest BCUT2D eigenvalue weighted by molar-refractivity contribution is 5.80. The Morgan fingerprint density at radius 3 is 3.00 bits per heavy atom. The molecule has 0 N–H and O–H groups in total. The number of hydrogen-bond donors (Lipinski definition) is 0. The lowest BCUT2D eigenvalue weighted by Gasteiger charge is -2.33. The molecule has 3 aromatic rings. The lowest BCUT2D eigenvalue weighted by molar-refractivity contribution is -0.133. The molecule has 0 unspecified atom stereocenters. The second-order valence-electron chi connectivity index (χ2n) is 6.95. The molecule has 1 aliphatic heterocycles. The highest BCUT2D eigenvalue weighted by atomic mass is 16.2. The Balaban J connectivity index is 1.39. The largest absolute Gasteiger partial charge is 0.347 e. The standard InChI is InChI=1S/C20H24N4O/c1-16-13-21-24(14-16)18-6-4-10-23(15-18)20(25)9-12-22-11-8-17-5-2-3-7-19(17)22/h2-3,5,7-8,11,13-14,18H,4,6,9-10,12,15H2,1H3/t18-/m0/s1. The summed E-state index contributed by atoms with van der Waals surface area (Å²) in [7, 11) is 0. The van der Waals surface area contributed by atoms with Crippen molar-refractivity contribution < 1.29 is 4.79 Å². The van der Waals surface area contributed by atoms with Gasteiger partial charge in [0.05, 0.1) is 12.2 Å². The molecule has 1 saturated heterocycles. The first-order valence-electron chi connectivity index (χ1n) is 9.03. The van der Waals surface area contributed by atoms with Gasteiger partial charge in [-0.05, 0) is 42.8 Å². The zero-order chi connectivity index (χ0) is 17.2. The number of carbonyl (C=O) groups excluding carboxylic acids is 1. The number of nitrogens with zero attached hydrogens (tertiary/aromatic N) is 4. The van der Waals surface area contributed by atoms with Crippen molar-refractivity contribution in [3.63, 3.8) is 0 Å². The van der Waals surface area contributed by atoms with Gasteiger partial charge in [0.2, 0.25) is 5.91 Å². The molecule has 0 spiro atoms. The minimum absolute atomic E-state index is 0.242. The SMILES string of the molecule is Cc1cnn([C@H]2CCCN(C(=O)CCn3ccc4ccccc43)C2)c1. The van der Waals surface area contributed by atoms with Gasteiger partial charge in [-0.1, -0.05) is 18.2 Å². The Hall–Kier alpha value is -2.56. The van der Waals surface area contributed by atoms with Gasteiger partial charge in [0.15, 0.2) is 0 Å². The normalized spacial score (nSPS) is 18.0. The van der Waals surface area contributed by atoms with E-state index in [1.54, 1.807) is 0 Å². The Bertz CT molecular complexity index is 879. The van der Waals surface area contributed by atoms with Crippen molar-refractivity contribution in [2.24, 2.45) is 0 Å². The van der Waals surface area contributed by atoms with Gasteiger partial charge in [-0.15, -0.1) is 0 Å². The molecule has 4 rings (SSSR count). The first-order valence-corrected chi connectivity index (χ1v) is 9.03. The lowest BCUT2D eigenvalue weighted by atomic mass is 10.1. The Kier molecular flexibility index (Phi) is 4.30. The fraction of sp³-hybridized carbons (Fsp3) is 0.400. The summed E-state index contributed by atoms with van der Waals surface area (Å²) in [5.41, 5.74) is 2.36. The lowest BCUT2D eigenvalue weighted by Crippen LogP contribution is -2.41. The Labute approximate surface area is 147 Å². The van der Waals surface area contributed by atoms with Crippen LogP contribution in [0.25, 0.3) is 10.9 Å². The molecule has 1 atom stereocenters. The predicted molar refractivity (Wildman–Crippen MR) is 98.4 cm³/mol. The second kappa shape index (κ2) is 6.75. The third-order valence-electron chi connectivity index (χ3n) is 5.10. The van der Waals surface area contributed by atoms with E-state index < -0.39 is 0 Å². The minimum atomic E-state index is 0.242. The van der Waals surface area contributed by atoms with Crippen LogP contribution < -0.4 is 0 Å². The molecule has 130 valence electrons. The highest BCUT2D eigenvalue weighted by Crippen LogP contribution is 2.22. The number of hydrogen-bond acceptors (Lipinski definition) is 2. The van der Waals surface area contributed by atoms with Gasteiger partial charge in [-0.2, -0.15) is 5.10 Å². The summed E-state index contributed by atoms with van der Waals surface area (Å²) in [6, 6.07) is 10.7. The number of fused-ring (bicyclic) bond motifs is 1. The number of piperidine rings is 1. The number of benzene rings is 1. The smallest absolute Gasteiger partial charge is 0.224 e. The number of aromatic nitrogens is 3. The summed E-state index contributed by atoms with van der Waals surface area (Å²) in [5, 5.41) is 5.65. The quantitative estimate of drug-likeness (QED) is 0.733. The van der Waals surface area contributed by atoms with Crippen LogP contribution in [0.3, 0.4) is 0 Å². The van der Waals surface area contributed by atoms with Crippen molar-refractivity contribution in [1.29, 1.82) is 0 Å².